The summed E-state index contributed by atoms with van der Waals surface area (Å²) in [6, 6.07) is 0. The zero-order chi connectivity index (χ0) is 13.0. The SMILES string of the molecule is C/C(C#C[Si](C)(C)C)=N\C(=C/S)C(F)(F)F. The number of hydrogen-bond acceptors (Lipinski definition) is 2. The molecule has 0 spiro atoms. The quantitative estimate of drug-likeness (QED) is 0.321. The van der Waals surface area contributed by atoms with E-state index in [0.717, 1.165) is 0 Å². The van der Waals surface area contributed by atoms with Gasteiger partial charge in [0.25, 0.3) is 0 Å². The minimum atomic E-state index is -4.48. The molecule has 6 heteroatoms. The van der Waals surface area contributed by atoms with Crippen LogP contribution in [-0.2, 0) is 0 Å². The summed E-state index contributed by atoms with van der Waals surface area (Å²) in [5.41, 5.74) is 2.06. The van der Waals surface area contributed by atoms with Gasteiger partial charge in [-0.3, -0.25) is 0 Å². The molecule has 90 valence electrons. The van der Waals surface area contributed by atoms with Gasteiger partial charge in [0.2, 0.25) is 0 Å². The van der Waals surface area contributed by atoms with Crippen LogP contribution in [0.5, 0.6) is 0 Å². The lowest BCUT2D eigenvalue weighted by atomic mass is 10.4. The lowest BCUT2D eigenvalue weighted by Crippen LogP contribution is -2.17. The first-order valence-corrected chi connectivity index (χ1v) is 8.58. The van der Waals surface area contributed by atoms with Crippen molar-refractivity contribution in [1.82, 2.24) is 0 Å². The molecule has 0 bridgehead atoms. The Bertz CT molecular complexity index is 366. The van der Waals surface area contributed by atoms with Crippen LogP contribution >= 0.6 is 12.6 Å². The van der Waals surface area contributed by atoms with Crippen LogP contribution in [0.3, 0.4) is 0 Å². The summed E-state index contributed by atoms with van der Waals surface area (Å²) in [6.07, 6.45) is -4.48. The third kappa shape index (κ3) is 6.75. The molecule has 0 N–H and O–H groups in total. The maximum absolute atomic E-state index is 12.3. The lowest BCUT2D eigenvalue weighted by molar-refractivity contribution is -0.0920. The molecule has 0 atom stereocenters. The van der Waals surface area contributed by atoms with Gasteiger partial charge in [-0.25, -0.2) is 4.99 Å². The predicted octanol–water partition coefficient (Wildman–Crippen LogP) is 3.66. The number of aliphatic imine (C=N–C) groups is 1. The van der Waals surface area contributed by atoms with Gasteiger partial charge in [0, 0.05) is 0 Å². The second-order valence-electron chi connectivity index (χ2n) is 4.21. The van der Waals surface area contributed by atoms with E-state index in [0.29, 0.717) is 5.41 Å². The Morgan fingerprint density at radius 1 is 1.31 bits per heavy atom. The minimum Gasteiger partial charge on any atom is -0.239 e. The van der Waals surface area contributed by atoms with Crippen molar-refractivity contribution in [3.63, 3.8) is 0 Å². The number of alkyl halides is 3. The molecule has 0 amide bonds. The highest BCUT2D eigenvalue weighted by atomic mass is 32.1. The van der Waals surface area contributed by atoms with Crippen LogP contribution in [-0.4, -0.2) is 20.0 Å². The van der Waals surface area contributed by atoms with Crippen molar-refractivity contribution in [2.45, 2.75) is 32.7 Å². The molecule has 0 heterocycles. The van der Waals surface area contributed by atoms with Crippen molar-refractivity contribution in [2.24, 2.45) is 4.99 Å². The van der Waals surface area contributed by atoms with Gasteiger partial charge < -0.3 is 0 Å². The number of halogens is 3. The Balaban J connectivity index is 4.98. The number of nitrogens with zero attached hydrogens (tertiary/aromatic N) is 1. The molecule has 0 aromatic heterocycles. The molecule has 0 aromatic carbocycles. The van der Waals surface area contributed by atoms with Crippen LogP contribution in [0, 0.1) is 11.5 Å². The second-order valence-corrected chi connectivity index (χ2v) is 9.22. The van der Waals surface area contributed by atoms with Gasteiger partial charge in [0.05, 0.1) is 5.71 Å². The minimum absolute atomic E-state index is 0.153. The van der Waals surface area contributed by atoms with E-state index in [1.54, 1.807) is 0 Å². The monoisotopic (exact) mass is 265 g/mol. The van der Waals surface area contributed by atoms with Crippen molar-refractivity contribution in [1.29, 1.82) is 0 Å². The molecule has 0 aliphatic heterocycles. The Labute approximate surface area is 100 Å². The molecule has 0 saturated heterocycles. The summed E-state index contributed by atoms with van der Waals surface area (Å²) in [5.74, 6) is 2.65. The first-order valence-electron chi connectivity index (χ1n) is 4.56. The van der Waals surface area contributed by atoms with E-state index in [9.17, 15) is 13.2 Å². The van der Waals surface area contributed by atoms with E-state index in [2.05, 4.69) is 29.1 Å². The van der Waals surface area contributed by atoms with Crippen molar-refractivity contribution in [2.75, 3.05) is 0 Å². The van der Waals surface area contributed by atoms with Gasteiger partial charge in [-0.05, 0) is 12.3 Å². The van der Waals surface area contributed by atoms with Gasteiger partial charge in [0.15, 0.2) is 5.70 Å². The third-order valence-corrected chi connectivity index (χ3v) is 2.44. The van der Waals surface area contributed by atoms with Crippen molar-refractivity contribution in [3.05, 3.63) is 11.1 Å². The average Bonchev–Trinajstić information content (AvgIpc) is 2.07. The number of thiol groups is 1. The highest BCUT2D eigenvalue weighted by Crippen LogP contribution is 2.27. The van der Waals surface area contributed by atoms with Crippen LogP contribution in [0.15, 0.2) is 16.1 Å². The van der Waals surface area contributed by atoms with E-state index >= 15 is 0 Å². The Morgan fingerprint density at radius 3 is 2.12 bits per heavy atom. The Kier molecular flexibility index (Phi) is 5.36. The summed E-state index contributed by atoms with van der Waals surface area (Å²) >= 11 is 3.48. The van der Waals surface area contributed by atoms with Gasteiger partial charge in [-0.15, -0.1) is 18.2 Å². The molecule has 0 aliphatic carbocycles. The van der Waals surface area contributed by atoms with Crippen molar-refractivity contribution < 1.29 is 13.2 Å². The summed E-state index contributed by atoms with van der Waals surface area (Å²) in [6.45, 7) is 7.47. The number of rotatable bonds is 1. The summed E-state index contributed by atoms with van der Waals surface area (Å²) in [7, 11) is -1.59. The maximum atomic E-state index is 12.3. The first-order chi connectivity index (χ1) is 7.06. The molecular formula is C10H14F3NSSi. The fourth-order valence-electron chi connectivity index (χ4n) is 0.652. The highest BCUT2D eigenvalue weighted by Gasteiger charge is 2.33. The molecule has 16 heavy (non-hydrogen) atoms. The molecule has 0 fully saturated rings. The zero-order valence-corrected chi connectivity index (χ0v) is 11.5. The highest BCUT2D eigenvalue weighted by molar-refractivity contribution is 7.83. The molecule has 1 nitrogen and oxygen atoms in total. The smallest absolute Gasteiger partial charge is 0.239 e. The van der Waals surface area contributed by atoms with Crippen LogP contribution < -0.4 is 0 Å². The average molecular weight is 265 g/mol. The van der Waals surface area contributed by atoms with E-state index in [4.69, 9.17) is 0 Å². The van der Waals surface area contributed by atoms with Gasteiger partial charge in [-0.1, -0.05) is 25.6 Å². The molecular weight excluding hydrogens is 251 g/mol. The van der Waals surface area contributed by atoms with Crippen LogP contribution in [0.25, 0.3) is 0 Å². The fraction of sp³-hybridized carbons (Fsp3) is 0.500. The number of allylic oxidation sites excluding steroid dienone is 1. The second kappa shape index (κ2) is 5.59. The number of hydrogen-bond donors (Lipinski definition) is 1. The molecule has 0 radical (unpaired) electrons. The largest absolute Gasteiger partial charge is 0.433 e. The third-order valence-electron chi connectivity index (χ3n) is 1.32. The van der Waals surface area contributed by atoms with E-state index in [1.165, 1.54) is 6.92 Å². The van der Waals surface area contributed by atoms with Crippen molar-refractivity contribution in [3.8, 4) is 11.5 Å². The predicted molar refractivity (Wildman–Crippen MR) is 67.4 cm³/mol. The van der Waals surface area contributed by atoms with Gasteiger partial charge >= 0.3 is 6.18 Å². The molecule has 0 unspecified atom stereocenters. The Morgan fingerprint density at radius 2 is 1.81 bits per heavy atom. The van der Waals surface area contributed by atoms with E-state index < -0.39 is 19.9 Å². The van der Waals surface area contributed by atoms with Crippen LogP contribution in [0.1, 0.15) is 6.92 Å². The van der Waals surface area contributed by atoms with Gasteiger partial charge in [-0.2, -0.15) is 13.2 Å². The molecule has 0 aliphatic rings. The molecule has 0 aromatic rings. The molecule has 0 saturated carbocycles. The standard InChI is InChI=1S/C10H14F3NSSi/c1-8(5-6-16(2,3)4)14-9(7-15)10(11,12)13/h7,15H,1-4H3/b9-7-,14-8+. The topological polar surface area (TPSA) is 12.4 Å². The summed E-state index contributed by atoms with van der Waals surface area (Å²) in [4.78, 5) is 3.39. The van der Waals surface area contributed by atoms with Crippen molar-refractivity contribution >= 4 is 26.4 Å². The first kappa shape index (κ1) is 15.3. The normalized spacial score (nSPS) is 14.5. The lowest BCUT2D eigenvalue weighted by Gasteiger charge is -2.06. The fourth-order valence-corrected chi connectivity index (χ4v) is 1.41. The zero-order valence-electron chi connectivity index (χ0n) is 9.61. The maximum Gasteiger partial charge on any atom is 0.433 e. The molecule has 0 rings (SSSR count). The van der Waals surface area contributed by atoms with E-state index in [-0.39, 0.29) is 5.71 Å². The summed E-state index contributed by atoms with van der Waals surface area (Å²) in [5, 5.41) is 0.639. The van der Waals surface area contributed by atoms with Crippen LogP contribution in [0.4, 0.5) is 13.2 Å². The summed E-state index contributed by atoms with van der Waals surface area (Å²) < 4.78 is 36.9. The Hall–Kier alpha value is -0.673. The van der Waals surface area contributed by atoms with Gasteiger partial charge in [0.1, 0.15) is 8.07 Å². The van der Waals surface area contributed by atoms with Crippen LogP contribution in [0.2, 0.25) is 19.6 Å². The van der Waals surface area contributed by atoms with E-state index in [1.807, 2.05) is 19.6 Å².